The van der Waals surface area contributed by atoms with Crippen LogP contribution < -0.4 is 0 Å². The number of nitrogens with zero attached hydrogens (tertiary/aromatic N) is 2. The van der Waals surface area contributed by atoms with Crippen LogP contribution in [0.15, 0.2) is 36.7 Å². The molecule has 0 fully saturated rings. The van der Waals surface area contributed by atoms with E-state index in [1.807, 2.05) is 6.20 Å². The van der Waals surface area contributed by atoms with Crippen molar-refractivity contribution in [2.24, 2.45) is 7.05 Å². The summed E-state index contributed by atoms with van der Waals surface area (Å²) in [6, 6.07) is 5.74. The Bertz CT molecular complexity index is 508. The minimum Gasteiger partial charge on any atom is -0.388 e. The van der Waals surface area contributed by atoms with E-state index < -0.39 is 12.5 Å². The van der Waals surface area contributed by atoms with Gasteiger partial charge in [-0.2, -0.15) is 5.10 Å². The molecule has 3 nitrogen and oxygen atoms in total. The first kappa shape index (κ1) is 12.7. The molecule has 96 valence electrons. The fourth-order valence-corrected chi connectivity index (χ4v) is 1.78. The van der Waals surface area contributed by atoms with Crippen molar-refractivity contribution < 1.29 is 13.9 Å². The van der Waals surface area contributed by atoms with Crippen molar-refractivity contribution >= 4 is 0 Å². The second-order valence-electron chi connectivity index (χ2n) is 4.21. The first-order valence-corrected chi connectivity index (χ1v) is 5.60. The smallest absolute Gasteiger partial charge is 0.263 e. The van der Waals surface area contributed by atoms with Gasteiger partial charge >= 0.3 is 0 Å². The Hall–Kier alpha value is -1.75. The number of rotatable bonds is 4. The number of aromatic nitrogens is 2. The third-order valence-corrected chi connectivity index (χ3v) is 2.76. The third-order valence-electron chi connectivity index (χ3n) is 2.76. The number of aryl methyl sites for hydroxylation is 1. The lowest BCUT2D eigenvalue weighted by molar-refractivity contribution is 0.151. The Kier molecular flexibility index (Phi) is 3.72. The topological polar surface area (TPSA) is 38.0 Å². The molecule has 0 radical (unpaired) electrons. The Morgan fingerprint density at radius 1 is 1.22 bits per heavy atom. The van der Waals surface area contributed by atoms with Crippen molar-refractivity contribution in [3.05, 3.63) is 53.3 Å². The highest BCUT2D eigenvalue weighted by Gasteiger charge is 2.12. The molecular weight excluding hydrogens is 238 g/mol. The SMILES string of the molecule is Cn1cc(CC(O)c2ccc(C(F)F)cc2)cn1. The maximum Gasteiger partial charge on any atom is 0.263 e. The fraction of sp³-hybridized carbons (Fsp3) is 0.308. The van der Waals surface area contributed by atoms with Gasteiger partial charge in [0.2, 0.25) is 0 Å². The molecule has 0 bridgehead atoms. The molecule has 1 unspecified atom stereocenters. The minimum atomic E-state index is -2.48. The molecule has 1 atom stereocenters. The molecule has 0 spiro atoms. The van der Waals surface area contributed by atoms with Crippen LogP contribution in [0.25, 0.3) is 0 Å². The predicted molar refractivity (Wildman–Crippen MR) is 63.3 cm³/mol. The average molecular weight is 252 g/mol. The normalized spacial score (nSPS) is 12.9. The molecule has 0 aliphatic heterocycles. The molecule has 0 saturated carbocycles. The van der Waals surface area contributed by atoms with Gasteiger partial charge in [-0.05, 0) is 11.1 Å². The summed E-state index contributed by atoms with van der Waals surface area (Å²) in [7, 11) is 1.80. The second kappa shape index (κ2) is 5.27. The molecule has 0 aliphatic rings. The van der Waals surface area contributed by atoms with Gasteiger partial charge in [0, 0.05) is 25.2 Å². The van der Waals surface area contributed by atoms with Crippen LogP contribution in [-0.2, 0) is 13.5 Å². The number of hydrogen-bond acceptors (Lipinski definition) is 2. The highest BCUT2D eigenvalue weighted by atomic mass is 19.3. The molecule has 18 heavy (non-hydrogen) atoms. The van der Waals surface area contributed by atoms with Gasteiger partial charge in [0.15, 0.2) is 0 Å². The van der Waals surface area contributed by atoms with Crippen molar-refractivity contribution in [3.8, 4) is 0 Å². The lowest BCUT2D eigenvalue weighted by atomic mass is 10.0. The van der Waals surface area contributed by atoms with E-state index in [0.29, 0.717) is 12.0 Å². The third kappa shape index (κ3) is 2.92. The molecule has 1 aromatic heterocycles. The quantitative estimate of drug-likeness (QED) is 0.908. The van der Waals surface area contributed by atoms with E-state index in [1.54, 1.807) is 17.9 Å². The number of aliphatic hydroxyl groups is 1. The van der Waals surface area contributed by atoms with Gasteiger partial charge in [0.05, 0.1) is 12.3 Å². The largest absolute Gasteiger partial charge is 0.388 e. The predicted octanol–water partition coefficient (Wildman–Crippen LogP) is 2.63. The molecule has 2 rings (SSSR count). The van der Waals surface area contributed by atoms with E-state index in [1.165, 1.54) is 24.3 Å². The Labute approximate surface area is 104 Å². The Morgan fingerprint density at radius 3 is 2.33 bits per heavy atom. The van der Waals surface area contributed by atoms with Gasteiger partial charge < -0.3 is 5.11 Å². The summed E-state index contributed by atoms with van der Waals surface area (Å²) in [6.07, 6.45) is 0.727. The lowest BCUT2D eigenvalue weighted by Gasteiger charge is -2.10. The molecule has 5 heteroatoms. The molecule has 0 aliphatic carbocycles. The Morgan fingerprint density at radius 2 is 1.83 bits per heavy atom. The average Bonchev–Trinajstić information content (AvgIpc) is 2.75. The molecule has 1 N–H and O–H groups in total. The van der Waals surface area contributed by atoms with E-state index in [0.717, 1.165) is 5.56 Å². The van der Waals surface area contributed by atoms with E-state index >= 15 is 0 Å². The van der Waals surface area contributed by atoms with Crippen molar-refractivity contribution in [1.82, 2.24) is 9.78 Å². The number of aliphatic hydroxyl groups excluding tert-OH is 1. The number of alkyl halides is 2. The fourth-order valence-electron chi connectivity index (χ4n) is 1.78. The summed E-state index contributed by atoms with van der Waals surface area (Å²) in [5, 5.41) is 14.0. The monoisotopic (exact) mass is 252 g/mol. The van der Waals surface area contributed by atoms with Crippen molar-refractivity contribution in [2.45, 2.75) is 19.0 Å². The summed E-state index contributed by atoms with van der Waals surface area (Å²) in [5.41, 5.74) is 1.50. The molecule has 1 aromatic carbocycles. The molecular formula is C13H14F2N2O. The zero-order valence-corrected chi connectivity index (χ0v) is 9.92. The van der Waals surface area contributed by atoms with Gasteiger partial charge in [-0.15, -0.1) is 0 Å². The van der Waals surface area contributed by atoms with Crippen LogP contribution in [0.5, 0.6) is 0 Å². The van der Waals surface area contributed by atoms with E-state index in [-0.39, 0.29) is 5.56 Å². The highest BCUT2D eigenvalue weighted by Crippen LogP contribution is 2.23. The number of hydrogen-bond donors (Lipinski definition) is 1. The first-order chi connectivity index (χ1) is 8.56. The summed E-state index contributed by atoms with van der Waals surface area (Å²) in [6.45, 7) is 0. The zero-order valence-electron chi connectivity index (χ0n) is 9.92. The van der Waals surface area contributed by atoms with Gasteiger partial charge in [0.1, 0.15) is 0 Å². The summed E-state index contributed by atoms with van der Waals surface area (Å²) in [5.74, 6) is 0. The summed E-state index contributed by atoms with van der Waals surface area (Å²) in [4.78, 5) is 0. The van der Waals surface area contributed by atoms with Crippen LogP contribution >= 0.6 is 0 Å². The van der Waals surface area contributed by atoms with E-state index in [9.17, 15) is 13.9 Å². The highest BCUT2D eigenvalue weighted by molar-refractivity contribution is 5.26. The van der Waals surface area contributed by atoms with Gasteiger partial charge in [-0.1, -0.05) is 24.3 Å². The standard InChI is InChI=1S/C13H14F2N2O/c1-17-8-9(7-16-17)6-12(18)10-2-4-11(5-3-10)13(14)15/h2-5,7-8,12-13,18H,6H2,1H3. The Balaban J connectivity index is 2.06. The maximum absolute atomic E-state index is 12.4. The summed E-state index contributed by atoms with van der Waals surface area (Å²) >= 11 is 0. The van der Waals surface area contributed by atoms with E-state index in [2.05, 4.69) is 5.10 Å². The number of halogens is 2. The van der Waals surface area contributed by atoms with Crippen molar-refractivity contribution in [1.29, 1.82) is 0 Å². The van der Waals surface area contributed by atoms with Gasteiger partial charge in [-0.25, -0.2) is 8.78 Å². The zero-order chi connectivity index (χ0) is 13.1. The first-order valence-electron chi connectivity index (χ1n) is 5.60. The molecule has 2 aromatic rings. The lowest BCUT2D eigenvalue weighted by Crippen LogP contribution is -2.01. The van der Waals surface area contributed by atoms with E-state index in [4.69, 9.17) is 0 Å². The van der Waals surface area contributed by atoms with Crippen LogP contribution in [0.3, 0.4) is 0 Å². The van der Waals surface area contributed by atoms with Crippen molar-refractivity contribution in [3.63, 3.8) is 0 Å². The van der Waals surface area contributed by atoms with Crippen LogP contribution in [0.1, 0.15) is 29.2 Å². The van der Waals surface area contributed by atoms with Gasteiger partial charge in [-0.3, -0.25) is 4.68 Å². The van der Waals surface area contributed by atoms with Crippen molar-refractivity contribution in [2.75, 3.05) is 0 Å². The summed E-state index contributed by atoms with van der Waals surface area (Å²) < 4.78 is 26.4. The molecule has 1 heterocycles. The number of benzene rings is 1. The molecule has 0 amide bonds. The van der Waals surface area contributed by atoms with Crippen LogP contribution in [0, 0.1) is 0 Å². The second-order valence-corrected chi connectivity index (χ2v) is 4.21. The minimum absolute atomic E-state index is 0.0349. The van der Waals surface area contributed by atoms with Crippen LogP contribution in [0.2, 0.25) is 0 Å². The van der Waals surface area contributed by atoms with Crippen LogP contribution in [-0.4, -0.2) is 14.9 Å². The molecule has 0 saturated heterocycles. The van der Waals surface area contributed by atoms with Crippen LogP contribution in [0.4, 0.5) is 8.78 Å². The van der Waals surface area contributed by atoms with Gasteiger partial charge in [0.25, 0.3) is 6.43 Å². The maximum atomic E-state index is 12.4.